The number of amides is 1. The smallest absolute Gasteiger partial charge is 0.335 e. The number of nitriles is 1. The highest BCUT2D eigenvalue weighted by atomic mass is 16.4. The maximum Gasteiger partial charge on any atom is 0.335 e. The van der Waals surface area contributed by atoms with E-state index >= 15 is 0 Å². The second-order valence-electron chi connectivity index (χ2n) is 5.94. The molecule has 1 aliphatic rings. The molecule has 2 N–H and O–H groups in total. The zero-order chi connectivity index (χ0) is 16.8. The van der Waals surface area contributed by atoms with Gasteiger partial charge >= 0.3 is 5.97 Å². The van der Waals surface area contributed by atoms with Crippen LogP contribution in [-0.4, -0.2) is 23.0 Å². The summed E-state index contributed by atoms with van der Waals surface area (Å²) in [5.41, 5.74) is 0.824. The molecule has 120 valence electrons. The van der Waals surface area contributed by atoms with Gasteiger partial charge in [-0.25, -0.2) is 4.79 Å². The summed E-state index contributed by atoms with van der Waals surface area (Å²) in [6, 6.07) is 8.10. The van der Waals surface area contributed by atoms with E-state index in [4.69, 9.17) is 5.11 Å². The standard InChI is InChI=1S/C18H20N2O3/c1-12-4-2-3-5-16(12)20-17(21)15(11-19)10-13-6-8-14(9-7-13)18(22)23/h6-10,12,16H,2-5H2,1H3,(H,20,21)(H,22,23)/b15-10+/t12-,16-/m1/s1. The Labute approximate surface area is 135 Å². The van der Waals surface area contributed by atoms with Gasteiger partial charge in [0.2, 0.25) is 0 Å². The SMILES string of the molecule is C[C@@H]1CCCC[C@H]1NC(=O)/C(C#N)=C/c1ccc(C(=O)O)cc1. The molecular formula is C18H20N2O3. The number of aromatic carboxylic acids is 1. The Morgan fingerprint density at radius 2 is 1.91 bits per heavy atom. The van der Waals surface area contributed by atoms with E-state index in [-0.39, 0.29) is 23.1 Å². The van der Waals surface area contributed by atoms with Gasteiger partial charge in [0.05, 0.1) is 5.56 Å². The van der Waals surface area contributed by atoms with Gasteiger partial charge < -0.3 is 10.4 Å². The van der Waals surface area contributed by atoms with Crippen LogP contribution in [-0.2, 0) is 4.79 Å². The van der Waals surface area contributed by atoms with Crippen molar-refractivity contribution in [3.8, 4) is 6.07 Å². The van der Waals surface area contributed by atoms with Gasteiger partial charge in [-0.05, 0) is 42.5 Å². The highest BCUT2D eigenvalue weighted by Gasteiger charge is 2.24. The van der Waals surface area contributed by atoms with Crippen molar-refractivity contribution in [1.82, 2.24) is 5.32 Å². The molecule has 0 aromatic heterocycles. The van der Waals surface area contributed by atoms with E-state index in [2.05, 4.69) is 12.2 Å². The third-order valence-corrected chi connectivity index (χ3v) is 4.26. The number of carboxylic acids is 1. The van der Waals surface area contributed by atoms with Crippen LogP contribution in [0.25, 0.3) is 6.08 Å². The van der Waals surface area contributed by atoms with Crippen LogP contribution in [0.15, 0.2) is 29.8 Å². The Morgan fingerprint density at radius 3 is 2.48 bits per heavy atom. The predicted molar refractivity (Wildman–Crippen MR) is 86.6 cm³/mol. The van der Waals surface area contributed by atoms with E-state index in [1.807, 2.05) is 6.07 Å². The van der Waals surface area contributed by atoms with Crippen LogP contribution in [0.1, 0.15) is 48.5 Å². The fourth-order valence-corrected chi connectivity index (χ4v) is 2.81. The number of rotatable bonds is 4. The van der Waals surface area contributed by atoms with E-state index in [0.717, 1.165) is 19.3 Å². The maximum absolute atomic E-state index is 12.3. The van der Waals surface area contributed by atoms with Gasteiger partial charge in [-0.15, -0.1) is 0 Å². The number of hydrogen-bond acceptors (Lipinski definition) is 3. The molecule has 5 heteroatoms. The highest BCUT2D eigenvalue weighted by molar-refractivity contribution is 6.02. The van der Waals surface area contributed by atoms with Gasteiger partial charge in [0.25, 0.3) is 5.91 Å². The first kappa shape index (κ1) is 16.8. The molecule has 2 atom stereocenters. The zero-order valence-corrected chi connectivity index (χ0v) is 13.1. The van der Waals surface area contributed by atoms with Crippen LogP contribution >= 0.6 is 0 Å². The minimum atomic E-state index is -1.01. The molecule has 5 nitrogen and oxygen atoms in total. The molecule has 1 saturated carbocycles. The summed E-state index contributed by atoms with van der Waals surface area (Å²) in [6.45, 7) is 2.12. The van der Waals surface area contributed by atoms with Crippen molar-refractivity contribution >= 4 is 18.0 Å². The molecule has 0 aliphatic heterocycles. The number of carbonyl (C=O) groups excluding carboxylic acids is 1. The van der Waals surface area contributed by atoms with E-state index in [1.54, 1.807) is 12.1 Å². The molecule has 0 unspecified atom stereocenters. The Hall–Kier alpha value is -2.61. The van der Waals surface area contributed by atoms with E-state index in [1.165, 1.54) is 24.6 Å². The molecule has 1 aromatic carbocycles. The molecule has 1 aliphatic carbocycles. The molecule has 0 bridgehead atoms. The van der Waals surface area contributed by atoms with Crippen LogP contribution in [0.2, 0.25) is 0 Å². The second kappa shape index (κ2) is 7.59. The zero-order valence-electron chi connectivity index (χ0n) is 13.1. The molecule has 0 spiro atoms. The van der Waals surface area contributed by atoms with E-state index in [0.29, 0.717) is 11.5 Å². The molecule has 1 fully saturated rings. The van der Waals surface area contributed by atoms with Gasteiger partial charge in [-0.1, -0.05) is 31.9 Å². The van der Waals surface area contributed by atoms with Gasteiger partial charge in [0.1, 0.15) is 11.6 Å². The van der Waals surface area contributed by atoms with Crippen molar-refractivity contribution in [2.24, 2.45) is 5.92 Å². The Bertz CT molecular complexity index is 656. The van der Waals surface area contributed by atoms with Crippen LogP contribution in [0, 0.1) is 17.2 Å². The third-order valence-electron chi connectivity index (χ3n) is 4.26. The number of benzene rings is 1. The van der Waals surface area contributed by atoms with E-state index < -0.39 is 5.97 Å². The second-order valence-corrected chi connectivity index (χ2v) is 5.94. The molecule has 0 heterocycles. The van der Waals surface area contributed by atoms with Crippen molar-refractivity contribution in [2.75, 3.05) is 0 Å². The summed E-state index contributed by atoms with van der Waals surface area (Å²) in [6.07, 6.45) is 5.79. The fourth-order valence-electron chi connectivity index (χ4n) is 2.81. The summed E-state index contributed by atoms with van der Waals surface area (Å²) >= 11 is 0. The van der Waals surface area contributed by atoms with Crippen molar-refractivity contribution < 1.29 is 14.7 Å². The van der Waals surface area contributed by atoms with Crippen LogP contribution in [0.4, 0.5) is 0 Å². The lowest BCUT2D eigenvalue weighted by Gasteiger charge is -2.29. The van der Waals surface area contributed by atoms with Gasteiger partial charge in [0.15, 0.2) is 0 Å². The summed E-state index contributed by atoms with van der Waals surface area (Å²) in [4.78, 5) is 23.1. The van der Waals surface area contributed by atoms with Crippen LogP contribution in [0.5, 0.6) is 0 Å². The molecule has 23 heavy (non-hydrogen) atoms. The van der Waals surface area contributed by atoms with E-state index in [9.17, 15) is 14.9 Å². The first-order chi connectivity index (χ1) is 11.0. The van der Waals surface area contributed by atoms with Crippen molar-refractivity contribution in [3.05, 3.63) is 41.0 Å². The number of hydrogen-bond donors (Lipinski definition) is 2. The number of carboxylic acid groups (broad SMARTS) is 1. The number of carbonyl (C=O) groups is 2. The molecule has 0 saturated heterocycles. The maximum atomic E-state index is 12.3. The molecule has 1 aromatic rings. The van der Waals surface area contributed by atoms with Crippen molar-refractivity contribution in [2.45, 2.75) is 38.6 Å². The summed E-state index contributed by atoms with van der Waals surface area (Å²) in [5, 5.41) is 21.0. The first-order valence-electron chi connectivity index (χ1n) is 7.77. The van der Waals surface area contributed by atoms with Gasteiger partial charge in [-0.2, -0.15) is 5.26 Å². The lowest BCUT2D eigenvalue weighted by atomic mass is 9.86. The van der Waals surface area contributed by atoms with Crippen molar-refractivity contribution in [1.29, 1.82) is 5.26 Å². The molecule has 2 rings (SSSR count). The predicted octanol–water partition coefficient (Wildman–Crippen LogP) is 2.99. The van der Waals surface area contributed by atoms with Crippen LogP contribution < -0.4 is 5.32 Å². The summed E-state index contributed by atoms with van der Waals surface area (Å²) in [5.74, 6) is -0.957. The Kier molecular flexibility index (Phi) is 5.53. The fraction of sp³-hybridized carbons (Fsp3) is 0.389. The Morgan fingerprint density at radius 1 is 1.26 bits per heavy atom. The van der Waals surface area contributed by atoms with Gasteiger partial charge in [0, 0.05) is 6.04 Å². The first-order valence-corrected chi connectivity index (χ1v) is 7.77. The van der Waals surface area contributed by atoms with Crippen molar-refractivity contribution in [3.63, 3.8) is 0 Å². The minimum absolute atomic E-state index is 0.0332. The molecule has 0 radical (unpaired) electrons. The topological polar surface area (TPSA) is 90.2 Å². The highest BCUT2D eigenvalue weighted by Crippen LogP contribution is 2.24. The monoisotopic (exact) mass is 312 g/mol. The van der Waals surface area contributed by atoms with Gasteiger partial charge in [-0.3, -0.25) is 4.79 Å². The lowest BCUT2D eigenvalue weighted by molar-refractivity contribution is -0.118. The lowest BCUT2D eigenvalue weighted by Crippen LogP contribution is -2.41. The third kappa shape index (κ3) is 4.43. The number of nitrogens with zero attached hydrogens (tertiary/aromatic N) is 1. The average molecular weight is 312 g/mol. The number of nitrogens with one attached hydrogen (secondary N) is 1. The molecular weight excluding hydrogens is 292 g/mol. The average Bonchev–Trinajstić information content (AvgIpc) is 2.55. The Balaban J connectivity index is 2.10. The normalized spacial score (nSPS) is 21.3. The summed E-state index contributed by atoms with van der Waals surface area (Å²) < 4.78 is 0. The quantitative estimate of drug-likeness (QED) is 0.660. The molecule has 1 amide bonds. The largest absolute Gasteiger partial charge is 0.478 e. The van der Waals surface area contributed by atoms with Crippen LogP contribution in [0.3, 0.4) is 0 Å². The minimum Gasteiger partial charge on any atom is -0.478 e. The summed E-state index contributed by atoms with van der Waals surface area (Å²) in [7, 11) is 0.